The van der Waals surface area contributed by atoms with Gasteiger partial charge in [0.25, 0.3) is 0 Å². The number of aliphatic hydroxyl groups is 2. The molecule has 3 aromatic rings. The van der Waals surface area contributed by atoms with E-state index in [1.165, 1.54) is 0 Å². The van der Waals surface area contributed by atoms with Gasteiger partial charge in [0.2, 0.25) is 5.95 Å². The Labute approximate surface area is 204 Å². The minimum Gasteiger partial charge on any atom is -0.396 e. The van der Waals surface area contributed by atoms with Crippen LogP contribution in [0.2, 0.25) is 5.02 Å². The Hall–Kier alpha value is -2.62. The number of aromatic nitrogens is 4. The molecule has 0 bridgehead atoms. The lowest BCUT2D eigenvalue weighted by Crippen LogP contribution is -2.36. The van der Waals surface area contributed by atoms with E-state index in [4.69, 9.17) is 11.6 Å². The molecule has 1 unspecified atom stereocenters. The first-order valence-electron chi connectivity index (χ1n) is 11.7. The van der Waals surface area contributed by atoms with Gasteiger partial charge in [0, 0.05) is 39.0 Å². The Kier molecular flexibility index (Phi) is 7.16. The summed E-state index contributed by atoms with van der Waals surface area (Å²) in [6, 6.07) is 5.68. The van der Waals surface area contributed by atoms with Crippen LogP contribution in [0.15, 0.2) is 29.2 Å². The quantitative estimate of drug-likeness (QED) is 0.446. The number of aryl methyl sites for hydroxylation is 2. The molecule has 3 N–H and O–H groups in total. The van der Waals surface area contributed by atoms with E-state index in [1.807, 2.05) is 18.2 Å². The Balaban J connectivity index is 1.61. The molecule has 34 heavy (non-hydrogen) atoms. The Morgan fingerprint density at radius 1 is 1.29 bits per heavy atom. The summed E-state index contributed by atoms with van der Waals surface area (Å²) in [6.45, 7) is 5.75. The average Bonchev–Trinajstić information content (AvgIpc) is 3.03. The smallest absolute Gasteiger partial charge is 0.328 e. The first kappa shape index (κ1) is 24.5. The number of anilines is 3. The van der Waals surface area contributed by atoms with E-state index in [1.54, 1.807) is 36.2 Å². The van der Waals surface area contributed by atoms with Crippen molar-refractivity contribution in [3.63, 3.8) is 0 Å². The highest BCUT2D eigenvalue weighted by molar-refractivity contribution is 6.32. The normalized spacial score (nSPS) is 16.9. The number of benzene rings is 1. The van der Waals surface area contributed by atoms with Gasteiger partial charge in [-0.2, -0.15) is 4.98 Å². The number of halogens is 1. The van der Waals surface area contributed by atoms with Crippen LogP contribution in [-0.4, -0.2) is 54.6 Å². The van der Waals surface area contributed by atoms with Crippen LogP contribution in [0.5, 0.6) is 0 Å². The maximum atomic E-state index is 12.8. The van der Waals surface area contributed by atoms with Crippen LogP contribution in [0.4, 0.5) is 17.5 Å². The van der Waals surface area contributed by atoms with E-state index < -0.39 is 5.60 Å². The summed E-state index contributed by atoms with van der Waals surface area (Å²) >= 11 is 6.42. The highest BCUT2D eigenvalue weighted by Gasteiger charge is 2.22. The first-order chi connectivity index (χ1) is 16.2. The monoisotopic (exact) mass is 488 g/mol. The van der Waals surface area contributed by atoms with Gasteiger partial charge >= 0.3 is 5.69 Å². The maximum Gasteiger partial charge on any atom is 0.328 e. The molecule has 10 heteroatoms. The molecule has 0 spiro atoms. The molecule has 184 valence electrons. The summed E-state index contributed by atoms with van der Waals surface area (Å²) < 4.78 is 3.29. The Bertz CT molecular complexity index is 1210. The van der Waals surface area contributed by atoms with Crippen LogP contribution in [0.25, 0.3) is 11.0 Å². The number of hydrogen-bond donors (Lipinski definition) is 3. The molecule has 1 atom stereocenters. The van der Waals surface area contributed by atoms with Crippen LogP contribution in [-0.2, 0) is 13.6 Å². The molecule has 0 saturated carbocycles. The fraction of sp³-hybridized carbons (Fsp3) is 0.542. The van der Waals surface area contributed by atoms with Crippen molar-refractivity contribution in [2.75, 3.05) is 29.9 Å². The zero-order valence-corrected chi connectivity index (χ0v) is 20.7. The minimum absolute atomic E-state index is 0.124. The highest BCUT2D eigenvalue weighted by atomic mass is 35.5. The van der Waals surface area contributed by atoms with Crippen molar-refractivity contribution in [2.45, 2.75) is 51.7 Å². The fourth-order valence-electron chi connectivity index (χ4n) is 4.49. The second kappa shape index (κ2) is 9.93. The summed E-state index contributed by atoms with van der Waals surface area (Å²) in [5.41, 5.74) is 1.34. The van der Waals surface area contributed by atoms with Crippen molar-refractivity contribution in [2.24, 2.45) is 13.0 Å². The number of fused-ring (bicyclic) bond motifs is 1. The standard InChI is InChI=1S/C24H33ClN6O3/c1-24(2,34)9-11-31-20-13-17(6-7-19(20)29(3)23(31)33)27-21-18(25)14-26-22(28-21)30-10-4-5-16(15-30)8-12-32/h6-7,13-14,16,32,34H,4-5,8-12,15H2,1-3H3,(H,26,27,28). The van der Waals surface area contributed by atoms with Gasteiger partial charge in [-0.3, -0.25) is 9.13 Å². The second-order valence-corrected chi connectivity index (χ2v) is 10.1. The molecule has 2 aromatic heterocycles. The summed E-state index contributed by atoms with van der Waals surface area (Å²) in [4.78, 5) is 24.0. The van der Waals surface area contributed by atoms with Crippen LogP contribution in [0.1, 0.15) is 39.5 Å². The molecule has 1 fully saturated rings. The van der Waals surface area contributed by atoms with Crippen molar-refractivity contribution in [1.82, 2.24) is 19.1 Å². The number of rotatable bonds is 8. The van der Waals surface area contributed by atoms with E-state index >= 15 is 0 Å². The number of nitrogens with one attached hydrogen (secondary N) is 1. The topological polar surface area (TPSA) is 108 Å². The number of hydrogen-bond acceptors (Lipinski definition) is 7. The predicted octanol–water partition coefficient (Wildman–Crippen LogP) is 3.29. The number of imidazole rings is 1. The van der Waals surface area contributed by atoms with Gasteiger partial charge in [0.05, 0.1) is 22.8 Å². The van der Waals surface area contributed by atoms with Crippen molar-refractivity contribution in [3.05, 3.63) is 39.9 Å². The lowest BCUT2D eigenvalue weighted by Gasteiger charge is -2.32. The van der Waals surface area contributed by atoms with E-state index in [0.29, 0.717) is 35.7 Å². The third kappa shape index (κ3) is 5.37. The summed E-state index contributed by atoms with van der Waals surface area (Å²) in [7, 11) is 1.74. The predicted molar refractivity (Wildman–Crippen MR) is 135 cm³/mol. The molecule has 0 aliphatic carbocycles. The largest absolute Gasteiger partial charge is 0.396 e. The lowest BCUT2D eigenvalue weighted by atomic mass is 9.95. The molecular weight excluding hydrogens is 456 g/mol. The summed E-state index contributed by atoms with van der Waals surface area (Å²) in [5, 5.41) is 23.1. The highest BCUT2D eigenvalue weighted by Crippen LogP contribution is 2.29. The molecule has 1 aromatic carbocycles. The Morgan fingerprint density at radius 2 is 2.09 bits per heavy atom. The van der Waals surface area contributed by atoms with Gasteiger partial charge in [-0.1, -0.05) is 11.6 Å². The van der Waals surface area contributed by atoms with Gasteiger partial charge in [0.1, 0.15) is 5.02 Å². The number of aliphatic hydroxyl groups excluding tert-OH is 1. The van der Waals surface area contributed by atoms with Gasteiger partial charge in [0.15, 0.2) is 5.82 Å². The molecule has 4 rings (SSSR count). The molecule has 1 aliphatic rings. The van der Waals surface area contributed by atoms with Crippen LogP contribution in [0, 0.1) is 5.92 Å². The molecular formula is C24H33ClN6O3. The summed E-state index contributed by atoms with van der Waals surface area (Å²) in [5.74, 6) is 1.53. The van der Waals surface area contributed by atoms with Gasteiger partial charge in [-0.25, -0.2) is 9.78 Å². The van der Waals surface area contributed by atoms with Crippen LogP contribution >= 0.6 is 11.6 Å². The van der Waals surface area contributed by atoms with Gasteiger partial charge < -0.3 is 20.4 Å². The first-order valence-corrected chi connectivity index (χ1v) is 12.1. The van der Waals surface area contributed by atoms with Gasteiger partial charge in [-0.05, 0) is 63.6 Å². The number of nitrogens with zero attached hydrogens (tertiary/aromatic N) is 5. The molecule has 1 aliphatic heterocycles. The summed E-state index contributed by atoms with van der Waals surface area (Å²) in [6.07, 6.45) is 4.97. The van der Waals surface area contributed by atoms with E-state index in [0.717, 1.165) is 49.1 Å². The van der Waals surface area contributed by atoms with Crippen molar-refractivity contribution in [1.29, 1.82) is 0 Å². The SMILES string of the molecule is Cn1c(=O)n(CCC(C)(C)O)c2cc(Nc3nc(N4CCCC(CCO)C4)ncc3Cl)ccc21. The van der Waals surface area contributed by atoms with E-state index in [-0.39, 0.29) is 12.3 Å². The number of piperidine rings is 1. The zero-order valence-electron chi connectivity index (χ0n) is 20.0. The van der Waals surface area contributed by atoms with E-state index in [2.05, 4.69) is 20.2 Å². The molecule has 9 nitrogen and oxygen atoms in total. The van der Waals surface area contributed by atoms with Crippen molar-refractivity contribution in [3.8, 4) is 0 Å². The molecule has 0 amide bonds. The third-order valence-electron chi connectivity index (χ3n) is 6.43. The van der Waals surface area contributed by atoms with Gasteiger partial charge in [-0.15, -0.1) is 0 Å². The average molecular weight is 489 g/mol. The second-order valence-electron chi connectivity index (χ2n) is 9.72. The molecule has 3 heterocycles. The minimum atomic E-state index is -0.868. The molecule has 1 saturated heterocycles. The molecule has 0 radical (unpaired) electrons. The third-order valence-corrected chi connectivity index (χ3v) is 6.70. The fourth-order valence-corrected chi connectivity index (χ4v) is 4.63. The lowest BCUT2D eigenvalue weighted by molar-refractivity contribution is 0.0662. The van der Waals surface area contributed by atoms with Crippen LogP contribution in [0.3, 0.4) is 0 Å². The van der Waals surface area contributed by atoms with Crippen molar-refractivity contribution >= 4 is 40.1 Å². The Morgan fingerprint density at radius 3 is 2.82 bits per heavy atom. The van der Waals surface area contributed by atoms with E-state index in [9.17, 15) is 15.0 Å². The van der Waals surface area contributed by atoms with Crippen LogP contribution < -0.4 is 15.9 Å². The van der Waals surface area contributed by atoms with Crippen molar-refractivity contribution < 1.29 is 10.2 Å². The zero-order chi connectivity index (χ0) is 24.5. The maximum absolute atomic E-state index is 12.8.